The summed E-state index contributed by atoms with van der Waals surface area (Å²) in [5.41, 5.74) is 0. The molecule has 0 saturated carbocycles. The SMILES string of the molecule is CN(CC(=O)[C@H](C#N)C(=O)Nc1ccccn1)S(=O)(=O)c1ccccc1. The van der Waals surface area contributed by atoms with Gasteiger partial charge in [-0.1, -0.05) is 24.3 Å². The Balaban J connectivity index is 2.09. The van der Waals surface area contributed by atoms with E-state index in [1.54, 1.807) is 36.4 Å². The number of hydrogen-bond acceptors (Lipinski definition) is 6. The number of Topliss-reactive ketones (excluding diaryl/α,β-unsaturated/α-hetero) is 1. The van der Waals surface area contributed by atoms with Crippen molar-refractivity contribution in [3.63, 3.8) is 0 Å². The molecule has 8 nitrogen and oxygen atoms in total. The minimum absolute atomic E-state index is 0.0155. The highest BCUT2D eigenvalue weighted by Gasteiger charge is 2.31. The van der Waals surface area contributed by atoms with Gasteiger partial charge in [0.05, 0.1) is 17.5 Å². The number of pyridine rings is 1. The van der Waals surface area contributed by atoms with Gasteiger partial charge in [0.25, 0.3) is 5.91 Å². The summed E-state index contributed by atoms with van der Waals surface area (Å²) in [6, 6.07) is 14.0. The number of nitrogens with one attached hydrogen (secondary N) is 1. The van der Waals surface area contributed by atoms with E-state index < -0.39 is 34.2 Å². The number of amides is 1. The second-order valence-electron chi connectivity index (χ2n) is 5.31. The van der Waals surface area contributed by atoms with Crippen LogP contribution >= 0.6 is 0 Å². The molecule has 2 aromatic rings. The highest BCUT2D eigenvalue weighted by molar-refractivity contribution is 7.89. The van der Waals surface area contributed by atoms with Gasteiger partial charge in [-0.15, -0.1) is 0 Å². The van der Waals surface area contributed by atoms with Crippen molar-refractivity contribution in [3.05, 3.63) is 54.7 Å². The van der Waals surface area contributed by atoms with E-state index in [4.69, 9.17) is 5.26 Å². The molecule has 0 aliphatic carbocycles. The molecule has 0 aliphatic rings. The average molecular weight is 372 g/mol. The third-order valence-electron chi connectivity index (χ3n) is 3.46. The molecule has 1 aromatic carbocycles. The molecule has 0 saturated heterocycles. The normalized spacial score (nSPS) is 12.2. The molecule has 0 spiro atoms. The van der Waals surface area contributed by atoms with Crippen LogP contribution in [0.3, 0.4) is 0 Å². The molecule has 1 atom stereocenters. The number of hydrogen-bond donors (Lipinski definition) is 1. The topological polar surface area (TPSA) is 120 Å². The minimum Gasteiger partial charge on any atom is -0.309 e. The van der Waals surface area contributed by atoms with Gasteiger partial charge in [-0.3, -0.25) is 9.59 Å². The number of benzene rings is 1. The first-order valence-electron chi connectivity index (χ1n) is 7.52. The lowest BCUT2D eigenvalue weighted by atomic mass is 10.1. The first-order chi connectivity index (χ1) is 12.4. The number of carbonyl (C=O) groups excluding carboxylic acids is 2. The molecule has 0 bridgehead atoms. The van der Waals surface area contributed by atoms with E-state index in [0.29, 0.717) is 0 Å². The van der Waals surface area contributed by atoms with E-state index in [-0.39, 0.29) is 10.7 Å². The van der Waals surface area contributed by atoms with Crippen LogP contribution in [0.2, 0.25) is 0 Å². The van der Waals surface area contributed by atoms with Crippen LogP contribution in [-0.4, -0.2) is 43.0 Å². The summed E-state index contributed by atoms with van der Waals surface area (Å²) in [5.74, 6) is -3.15. The van der Waals surface area contributed by atoms with Gasteiger partial charge in [0, 0.05) is 13.2 Å². The Hall–Kier alpha value is -3.09. The van der Waals surface area contributed by atoms with Crippen molar-refractivity contribution in [1.29, 1.82) is 5.26 Å². The number of rotatable bonds is 7. The van der Waals surface area contributed by atoms with Crippen molar-refractivity contribution in [1.82, 2.24) is 9.29 Å². The maximum absolute atomic E-state index is 12.4. The van der Waals surface area contributed by atoms with Crippen LogP contribution in [0.5, 0.6) is 0 Å². The zero-order chi connectivity index (χ0) is 19.2. The van der Waals surface area contributed by atoms with Crippen LogP contribution in [0.1, 0.15) is 0 Å². The second kappa shape index (κ2) is 8.33. The van der Waals surface area contributed by atoms with Gasteiger partial charge < -0.3 is 5.32 Å². The highest BCUT2D eigenvalue weighted by atomic mass is 32.2. The maximum atomic E-state index is 12.4. The first-order valence-corrected chi connectivity index (χ1v) is 8.96. The summed E-state index contributed by atoms with van der Waals surface area (Å²) in [7, 11) is -2.69. The number of anilines is 1. The maximum Gasteiger partial charge on any atom is 0.250 e. The largest absolute Gasteiger partial charge is 0.309 e. The number of nitriles is 1. The van der Waals surface area contributed by atoms with E-state index in [2.05, 4.69) is 10.3 Å². The third-order valence-corrected chi connectivity index (χ3v) is 5.28. The molecule has 0 aliphatic heterocycles. The predicted octanol–water partition coefficient (Wildman–Crippen LogP) is 1.05. The molecular weight excluding hydrogens is 356 g/mol. The Morgan fingerprint density at radius 2 is 1.85 bits per heavy atom. The van der Waals surface area contributed by atoms with E-state index in [0.717, 1.165) is 4.31 Å². The minimum atomic E-state index is -3.90. The first kappa shape index (κ1) is 19.2. The van der Waals surface area contributed by atoms with Crippen LogP contribution < -0.4 is 5.32 Å². The molecule has 9 heteroatoms. The van der Waals surface area contributed by atoms with Gasteiger partial charge in [-0.05, 0) is 24.3 Å². The van der Waals surface area contributed by atoms with E-state index in [9.17, 15) is 18.0 Å². The van der Waals surface area contributed by atoms with Crippen molar-refractivity contribution in [2.75, 3.05) is 18.9 Å². The van der Waals surface area contributed by atoms with Crippen molar-refractivity contribution in [3.8, 4) is 6.07 Å². The van der Waals surface area contributed by atoms with Crippen molar-refractivity contribution in [2.24, 2.45) is 5.92 Å². The van der Waals surface area contributed by atoms with Crippen LogP contribution in [0.25, 0.3) is 0 Å². The Morgan fingerprint density at radius 1 is 1.19 bits per heavy atom. The number of sulfonamides is 1. The van der Waals surface area contributed by atoms with Gasteiger partial charge >= 0.3 is 0 Å². The fraction of sp³-hybridized carbons (Fsp3) is 0.176. The van der Waals surface area contributed by atoms with Crippen LogP contribution in [0.4, 0.5) is 5.82 Å². The van der Waals surface area contributed by atoms with Crippen LogP contribution in [-0.2, 0) is 19.6 Å². The summed E-state index contributed by atoms with van der Waals surface area (Å²) in [6.45, 7) is -0.606. The quantitative estimate of drug-likeness (QED) is 0.725. The molecule has 1 aromatic heterocycles. The standard InChI is InChI=1S/C17H16N4O4S/c1-21(26(24,25)13-7-3-2-4-8-13)12-15(22)14(11-18)17(23)20-16-9-5-6-10-19-16/h2-10,14H,12H2,1H3,(H,19,20,23)/t14-/m0/s1. The van der Waals surface area contributed by atoms with E-state index >= 15 is 0 Å². The second-order valence-corrected chi connectivity index (χ2v) is 7.35. The fourth-order valence-corrected chi connectivity index (χ4v) is 3.24. The molecule has 26 heavy (non-hydrogen) atoms. The van der Waals surface area contributed by atoms with Gasteiger partial charge in [-0.2, -0.15) is 9.57 Å². The van der Waals surface area contributed by atoms with E-state index in [1.807, 2.05) is 0 Å². The molecule has 0 fully saturated rings. The highest BCUT2D eigenvalue weighted by Crippen LogP contribution is 2.14. The summed E-state index contributed by atoms with van der Waals surface area (Å²) in [4.78, 5) is 28.3. The lowest BCUT2D eigenvalue weighted by Crippen LogP contribution is -2.38. The number of likely N-dealkylation sites (N-methyl/N-ethyl adjacent to an activating group) is 1. The van der Waals surface area contributed by atoms with Gasteiger partial charge in [0.15, 0.2) is 11.7 Å². The molecule has 1 N–H and O–H groups in total. The monoisotopic (exact) mass is 372 g/mol. The molecule has 1 amide bonds. The average Bonchev–Trinajstić information content (AvgIpc) is 2.63. The van der Waals surface area contributed by atoms with Gasteiger partial charge in [-0.25, -0.2) is 13.4 Å². The fourth-order valence-electron chi connectivity index (χ4n) is 2.08. The lowest BCUT2D eigenvalue weighted by Gasteiger charge is -2.17. The van der Waals surface area contributed by atoms with Crippen LogP contribution in [0.15, 0.2) is 59.6 Å². The Bertz CT molecular complexity index is 924. The molecule has 1 heterocycles. The number of aromatic nitrogens is 1. The summed E-state index contributed by atoms with van der Waals surface area (Å²) >= 11 is 0. The zero-order valence-corrected chi connectivity index (χ0v) is 14.7. The van der Waals surface area contributed by atoms with Crippen molar-refractivity contribution >= 4 is 27.5 Å². The summed E-state index contributed by atoms with van der Waals surface area (Å²) in [5, 5.41) is 11.5. The third kappa shape index (κ3) is 4.50. The molecule has 0 radical (unpaired) electrons. The summed E-state index contributed by atoms with van der Waals surface area (Å²) in [6.07, 6.45) is 1.44. The van der Waals surface area contributed by atoms with Gasteiger partial charge in [0.1, 0.15) is 5.82 Å². The Kier molecular flexibility index (Phi) is 6.16. The smallest absolute Gasteiger partial charge is 0.250 e. The number of nitrogens with zero attached hydrogens (tertiary/aromatic N) is 3. The van der Waals surface area contributed by atoms with Crippen molar-refractivity contribution < 1.29 is 18.0 Å². The zero-order valence-electron chi connectivity index (χ0n) is 13.9. The Labute approximate surface area is 151 Å². The lowest BCUT2D eigenvalue weighted by molar-refractivity contribution is -0.128. The van der Waals surface area contributed by atoms with E-state index in [1.165, 1.54) is 31.4 Å². The van der Waals surface area contributed by atoms with Crippen LogP contribution in [0, 0.1) is 17.2 Å². The summed E-state index contributed by atoms with van der Waals surface area (Å²) < 4.78 is 25.6. The van der Waals surface area contributed by atoms with Gasteiger partial charge in [0.2, 0.25) is 10.0 Å². The molecule has 0 unspecified atom stereocenters. The number of carbonyl (C=O) groups is 2. The molecule has 134 valence electrons. The molecule has 2 rings (SSSR count). The van der Waals surface area contributed by atoms with Crippen molar-refractivity contribution in [2.45, 2.75) is 4.90 Å². The predicted molar refractivity (Wildman–Crippen MR) is 93.2 cm³/mol. The number of ketones is 1. The molecular formula is C17H16N4O4S. The Morgan fingerprint density at radius 3 is 2.42 bits per heavy atom.